The van der Waals surface area contributed by atoms with Crippen LogP contribution in [0.15, 0.2) is 62.9 Å². The van der Waals surface area contributed by atoms with E-state index in [2.05, 4.69) is 15.5 Å². The topological polar surface area (TPSA) is 101 Å². The molecule has 0 bridgehead atoms. The van der Waals surface area contributed by atoms with Crippen molar-refractivity contribution in [1.29, 1.82) is 0 Å². The molecule has 0 unspecified atom stereocenters. The van der Waals surface area contributed by atoms with Gasteiger partial charge in [0.1, 0.15) is 0 Å². The van der Waals surface area contributed by atoms with Crippen LogP contribution in [0.5, 0.6) is 0 Å². The van der Waals surface area contributed by atoms with Crippen molar-refractivity contribution in [2.45, 2.75) is 19.9 Å². The number of nitrogens with zero attached hydrogens (tertiary/aromatic N) is 3. The molecule has 0 saturated heterocycles. The second kappa shape index (κ2) is 9.80. The van der Waals surface area contributed by atoms with E-state index in [0.717, 1.165) is 6.42 Å². The zero-order valence-electron chi connectivity index (χ0n) is 17.1. The molecule has 164 valence electrons. The lowest BCUT2D eigenvalue weighted by molar-refractivity contribution is 0.0728. The number of rotatable bonds is 8. The van der Waals surface area contributed by atoms with Crippen molar-refractivity contribution in [3.8, 4) is 11.7 Å². The zero-order chi connectivity index (χ0) is 22.5. The number of halogens is 1. The highest BCUT2D eigenvalue weighted by Crippen LogP contribution is 2.26. The number of hydrogen-bond acceptors (Lipinski definition) is 7. The molecule has 3 heterocycles. The smallest absolute Gasteiger partial charge is 0.283 e. The van der Waals surface area contributed by atoms with Gasteiger partial charge in [-0.3, -0.25) is 9.59 Å². The van der Waals surface area contributed by atoms with Crippen LogP contribution in [0.2, 0.25) is 5.02 Å². The van der Waals surface area contributed by atoms with Gasteiger partial charge in [0, 0.05) is 12.1 Å². The lowest BCUT2D eigenvalue weighted by Crippen LogP contribution is -2.31. The molecule has 3 aromatic heterocycles. The van der Waals surface area contributed by atoms with Crippen molar-refractivity contribution in [1.82, 2.24) is 15.1 Å². The molecule has 0 aliphatic heterocycles. The van der Waals surface area contributed by atoms with E-state index in [-0.39, 0.29) is 24.2 Å². The molecule has 32 heavy (non-hydrogen) atoms. The molecule has 8 nitrogen and oxygen atoms in total. The monoisotopic (exact) mass is 470 g/mol. The van der Waals surface area contributed by atoms with Gasteiger partial charge in [0.2, 0.25) is 5.89 Å². The van der Waals surface area contributed by atoms with Crippen LogP contribution in [0.25, 0.3) is 11.7 Å². The number of anilines is 1. The van der Waals surface area contributed by atoms with Gasteiger partial charge in [0.05, 0.1) is 28.4 Å². The Bertz CT molecular complexity index is 1200. The van der Waals surface area contributed by atoms with Crippen molar-refractivity contribution in [3.63, 3.8) is 0 Å². The van der Waals surface area contributed by atoms with Crippen molar-refractivity contribution in [2.24, 2.45) is 0 Å². The Morgan fingerprint density at radius 3 is 2.78 bits per heavy atom. The molecule has 1 N–H and O–H groups in total. The van der Waals surface area contributed by atoms with E-state index in [1.54, 1.807) is 47.4 Å². The normalized spacial score (nSPS) is 10.8. The first-order chi connectivity index (χ1) is 15.5. The lowest BCUT2D eigenvalue weighted by Gasteiger charge is -2.21. The summed E-state index contributed by atoms with van der Waals surface area (Å²) < 4.78 is 10.9. The van der Waals surface area contributed by atoms with Crippen LogP contribution in [0, 0.1) is 0 Å². The predicted molar refractivity (Wildman–Crippen MR) is 121 cm³/mol. The number of hydrogen-bond donors (Lipinski definition) is 1. The molecule has 0 saturated carbocycles. The summed E-state index contributed by atoms with van der Waals surface area (Å²) in [5.41, 5.74) is 0.750. The van der Waals surface area contributed by atoms with Crippen molar-refractivity contribution < 1.29 is 18.4 Å². The van der Waals surface area contributed by atoms with Gasteiger partial charge in [-0.15, -0.1) is 21.5 Å². The second-order valence-corrected chi connectivity index (χ2v) is 8.19. The van der Waals surface area contributed by atoms with Crippen LogP contribution >= 0.6 is 22.9 Å². The number of carbonyl (C=O) groups excluding carboxylic acids is 2. The number of thiophene rings is 1. The van der Waals surface area contributed by atoms with E-state index in [1.807, 2.05) is 12.3 Å². The predicted octanol–water partition coefficient (Wildman–Crippen LogP) is 5.35. The molecular weight excluding hydrogens is 452 g/mol. The maximum Gasteiger partial charge on any atom is 0.283 e. The number of benzene rings is 1. The highest BCUT2D eigenvalue weighted by atomic mass is 35.5. The van der Waals surface area contributed by atoms with Crippen LogP contribution in [0.4, 0.5) is 5.69 Å². The molecule has 0 atom stereocenters. The fraction of sp³-hybridized carbons (Fsp3) is 0.182. The lowest BCUT2D eigenvalue weighted by atomic mass is 10.1. The molecule has 1 aromatic carbocycles. The van der Waals surface area contributed by atoms with Gasteiger partial charge in [-0.1, -0.05) is 24.6 Å². The Hall–Kier alpha value is -3.43. The van der Waals surface area contributed by atoms with Crippen molar-refractivity contribution >= 4 is 40.4 Å². The Labute approximate surface area is 192 Å². The third-order valence-electron chi connectivity index (χ3n) is 4.51. The van der Waals surface area contributed by atoms with Crippen molar-refractivity contribution in [2.75, 3.05) is 11.9 Å². The molecule has 10 heteroatoms. The molecule has 0 radical (unpaired) electrons. The second-order valence-electron chi connectivity index (χ2n) is 6.83. The SMILES string of the molecule is CCCN(Cc1nnc(-c2ccco2)o1)C(=O)c1ccc(Cl)c(NC(=O)c2cccs2)c1. The van der Waals surface area contributed by atoms with Gasteiger partial charge in [0.15, 0.2) is 5.76 Å². The Morgan fingerprint density at radius 2 is 2.06 bits per heavy atom. The standard InChI is InChI=1S/C22H19ClN4O4S/c1-2-9-27(13-19-25-26-21(31-19)17-5-3-10-30-17)22(29)14-7-8-15(23)16(12-14)24-20(28)18-6-4-11-32-18/h3-8,10-12H,2,9,13H2,1H3,(H,24,28). The van der Waals surface area contributed by atoms with Crippen molar-refractivity contribution in [3.05, 3.63) is 75.5 Å². The highest BCUT2D eigenvalue weighted by molar-refractivity contribution is 7.12. The van der Waals surface area contributed by atoms with Crippen LogP contribution < -0.4 is 5.32 Å². The molecule has 2 amide bonds. The van der Waals surface area contributed by atoms with E-state index >= 15 is 0 Å². The summed E-state index contributed by atoms with van der Waals surface area (Å²) in [6.45, 7) is 2.59. The van der Waals surface area contributed by atoms with Gasteiger partial charge >= 0.3 is 0 Å². The van der Waals surface area contributed by atoms with Crippen LogP contribution in [0.3, 0.4) is 0 Å². The minimum Gasteiger partial charge on any atom is -0.459 e. The average molecular weight is 471 g/mol. The van der Waals surface area contributed by atoms with E-state index < -0.39 is 0 Å². The first kappa shape index (κ1) is 21.8. The van der Waals surface area contributed by atoms with Gasteiger partial charge in [-0.25, -0.2) is 0 Å². The molecule has 0 spiro atoms. The summed E-state index contributed by atoms with van der Waals surface area (Å²) in [6.07, 6.45) is 2.25. The van der Waals surface area contributed by atoms with Gasteiger partial charge in [-0.05, 0) is 48.2 Å². The zero-order valence-corrected chi connectivity index (χ0v) is 18.7. The molecule has 0 aliphatic rings. The number of amides is 2. The highest BCUT2D eigenvalue weighted by Gasteiger charge is 2.21. The molecule has 4 rings (SSSR count). The third-order valence-corrected chi connectivity index (χ3v) is 5.71. The summed E-state index contributed by atoms with van der Waals surface area (Å²) in [6, 6.07) is 11.7. The largest absolute Gasteiger partial charge is 0.459 e. The van der Waals surface area contributed by atoms with E-state index in [1.165, 1.54) is 17.6 Å². The van der Waals surface area contributed by atoms with Gasteiger partial charge in [0.25, 0.3) is 17.7 Å². The van der Waals surface area contributed by atoms with Gasteiger partial charge in [-0.2, -0.15) is 0 Å². The summed E-state index contributed by atoms with van der Waals surface area (Å²) in [5, 5.41) is 12.9. The minimum atomic E-state index is -0.284. The first-order valence-electron chi connectivity index (χ1n) is 9.85. The summed E-state index contributed by atoms with van der Waals surface area (Å²) in [4.78, 5) is 27.8. The van der Waals surface area contributed by atoms with Gasteiger partial charge < -0.3 is 19.1 Å². The first-order valence-corrected chi connectivity index (χ1v) is 11.1. The number of carbonyl (C=O) groups is 2. The Balaban J connectivity index is 1.52. The average Bonchev–Trinajstić information content (AvgIpc) is 3.56. The maximum absolute atomic E-state index is 13.2. The number of aromatic nitrogens is 2. The third kappa shape index (κ3) is 4.90. The van der Waals surface area contributed by atoms with Crippen LogP contribution in [0.1, 0.15) is 39.3 Å². The van der Waals surface area contributed by atoms with E-state index in [4.69, 9.17) is 20.4 Å². The number of furan rings is 1. The van der Waals surface area contributed by atoms with Crippen LogP contribution in [-0.2, 0) is 6.54 Å². The fourth-order valence-electron chi connectivity index (χ4n) is 3.03. The molecule has 0 aliphatic carbocycles. The van der Waals surface area contributed by atoms with Crippen LogP contribution in [-0.4, -0.2) is 33.5 Å². The quantitative estimate of drug-likeness (QED) is 0.372. The summed E-state index contributed by atoms with van der Waals surface area (Å²) in [7, 11) is 0. The fourth-order valence-corrected chi connectivity index (χ4v) is 3.82. The van der Waals surface area contributed by atoms with E-state index in [9.17, 15) is 9.59 Å². The summed E-state index contributed by atoms with van der Waals surface area (Å²) >= 11 is 7.57. The molecule has 4 aromatic rings. The Morgan fingerprint density at radius 1 is 1.19 bits per heavy atom. The molecule has 0 fully saturated rings. The maximum atomic E-state index is 13.2. The summed E-state index contributed by atoms with van der Waals surface area (Å²) in [5.74, 6) is 0.472. The van der Waals surface area contributed by atoms with E-state index in [0.29, 0.717) is 39.3 Å². The Kier molecular flexibility index (Phi) is 6.67. The number of nitrogens with one attached hydrogen (secondary N) is 1. The minimum absolute atomic E-state index is 0.139. The molecular formula is C22H19ClN4O4S.